The fourth-order valence-corrected chi connectivity index (χ4v) is 14.4. The molecule has 0 saturated carbocycles. The molecule has 50 heavy (non-hydrogen) atoms. The minimum Gasteiger partial charge on any atom is -0.366 e. The fourth-order valence-electron chi connectivity index (χ4n) is 7.09. The molecule has 0 amide bonds. The SMILES string of the molecule is CC(C)[PH+](CC[PH+](C(C)C)C(C)C)C(C)C.[Ag+].[Ag+].[C-]#Cc1cc2ccccc2c2ccccc12.[C-]#Cc1cc2ccccc2c2ccccc12. The molecule has 0 aliphatic heterocycles. The first-order valence-corrected chi connectivity index (χ1v) is 21.2. The Hall–Kier alpha value is -2.18. The van der Waals surface area contributed by atoms with Gasteiger partial charge in [-0.1, -0.05) is 108 Å². The van der Waals surface area contributed by atoms with Crippen molar-refractivity contribution in [3.05, 3.63) is 133 Å². The normalized spacial score (nSPS) is 10.9. The smallest absolute Gasteiger partial charge is 0.366 e. The van der Waals surface area contributed by atoms with Crippen molar-refractivity contribution in [2.24, 2.45) is 0 Å². The van der Waals surface area contributed by atoms with Gasteiger partial charge in [0.15, 0.2) is 0 Å². The van der Waals surface area contributed by atoms with Gasteiger partial charge in [-0.25, -0.2) is 0 Å². The largest absolute Gasteiger partial charge is 1.00 e. The van der Waals surface area contributed by atoms with Crippen molar-refractivity contribution in [1.29, 1.82) is 0 Å². The molecule has 0 bridgehead atoms. The number of rotatable bonds is 7. The summed E-state index contributed by atoms with van der Waals surface area (Å²) in [5, 5.41) is 9.36. The molecule has 0 spiro atoms. The van der Waals surface area contributed by atoms with Gasteiger partial charge in [-0.3, -0.25) is 11.8 Å². The van der Waals surface area contributed by atoms with E-state index in [9.17, 15) is 0 Å². The van der Waals surface area contributed by atoms with E-state index in [-0.39, 0.29) is 60.6 Å². The summed E-state index contributed by atoms with van der Waals surface area (Å²) in [6.07, 6.45) is 17.8. The first-order chi connectivity index (χ1) is 23.1. The van der Waals surface area contributed by atoms with Gasteiger partial charge in [-0.05, 0) is 87.7 Å². The van der Waals surface area contributed by atoms with Gasteiger partial charge in [0.25, 0.3) is 0 Å². The van der Waals surface area contributed by atoms with Crippen LogP contribution in [0, 0.1) is 24.7 Å². The van der Waals surface area contributed by atoms with Crippen LogP contribution < -0.4 is 0 Å². The Labute approximate surface area is 336 Å². The number of hydrogen-bond acceptors (Lipinski definition) is 0. The maximum atomic E-state index is 7.35. The average molecular weight is 883 g/mol. The number of fused-ring (bicyclic) bond motifs is 6. The minimum absolute atomic E-state index is 0. The predicted octanol–water partition coefficient (Wildman–Crippen LogP) is 12.9. The molecule has 266 valence electrons. The molecule has 0 unspecified atom stereocenters. The zero-order valence-corrected chi connectivity index (χ0v) is 35.7. The zero-order chi connectivity index (χ0) is 34.8. The van der Waals surface area contributed by atoms with E-state index in [1.54, 1.807) is 12.3 Å². The van der Waals surface area contributed by atoms with Crippen molar-refractivity contribution in [1.82, 2.24) is 0 Å². The van der Waals surface area contributed by atoms with Crippen LogP contribution in [0.1, 0.15) is 66.5 Å². The zero-order valence-electron chi connectivity index (χ0n) is 30.7. The molecule has 0 aliphatic carbocycles. The first-order valence-electron chi connectivity index (χ1n) is 17.4. The molecule has 0 aliphatic rings. The summed E-state index contributed by atoms with van der Waals surface area (Å²) in [7, 11) is -0.229. The molecule has 6 aromatic rings. The second kappa shape index (κ2) is 21.4. The van der Waals surface area contributed by atoms with Crippen LogP contribution in [0.15, 0.2) is 109 Å². The van der Waals surface area contributed by atoms with E-state index < -0.39 is 0 Å². The molecule has 0 heterocycles. The molecule has 0 atom stereocenters. The Balaban J connectivity index is 0.000000255. The van der Waals surface area contributed by atoms with Gasteiger partial charge in [0.1, 0.15) is 0 Å². The second-order valence-electron chi connectivity index (χ2n) is 13.9. The van der Waals surface area contributed by atoms with E-state index in [0.717, 1.165) is 55.3 Å². The van der Waals surface area contributed by atoms with Crippen LogP contribution in [-0.4, -0.2) is 35.0 Å². The van der Waals surface area contributed by atoms with Crippen LogP contribution in [-0.2, 0) is 44.8 Å². The Bertz CT molecular complexity index is 1880. The van der Waals surface area contributed by atoms with Gasteiger partial charge >= 0.3 is 44.8 Å². The Morgan fingerprint density at radius 3 is 0.960 bits per heavy atom. The minimum atomic E-state index is -0.114. The molecule has 0 fully saturated rings. The monoisotopic (exact) mass is 880 g/mol. The maximum Gasteiger partial charge on any atom is 1.00 e. The van der Waals surface area contributed by atoms with Gasteiger partial charge < -0.3 is 12.8 Å². The molecular weight excluding hydrogens is 830 g/mol. The van der Waals surface area contributed by atoms with E-state index in [1.165, 1.54) is 21.5 Å². The summed E-state index contributed by atoms with van der Waals surface area (Å²) in [6, 6.07) is 36.9. The third-order valence-electron chi connectivity index (χ3n) is 9.47. The number of hydrogen-bond donors (Lipinski definition) is 0. The van der Waals surface area contributed by atoms with Crippen molar-refractivity contribution in [2.45, 2.75) is 78.0 Å². The van der Waals surface area contributed by atoms with Gasteiger partial charge in [0.05, 0.1) is 35.0 Å². The van der Waals surface area contributed by atoms with Crippen molar-refractivity contribution in [3.8, 4) is 11.8 Å². The van der Waals surface area contributed by atoms with Gasteiger partial charge in [0.2, 0.25) is 0 Å². The van der Waals surface area contributed by atoms with E-state index in [1.807, 2.05) is 72.8 Å². The Morgan fingerprint density at radius 2 is 0.680 bits per heavy atom. The van der Waals surface area contributed by atoms with Crippen molar-refractivity contribution < 1.29 is 44.8 Å². The van der Waals surface area contributed by atoms with Crippen LogP contribution in [0.3, 0.4) is 0 Å². The van der Waals surface area contributed by atoms with Crippen molar-refractivity contribution in [3.63, 3.8) is 0 Å². The third-order valence-corrected chi connectivity index (χ3v) is 17.6. The standard InChI is InChI=1S/2C16H9.C14H32P2.2Ag/c2*1-2-12-11-13-7-3-4-9-15(13)16-10-6-5-8-14(12)16;1-11(2)15(12(3)4)9-10-16(13(5)6)14(7)8;;/h2*3-11H;11-14H,9-10H2,1-8H3;;/q2*-1;;2*+1/p+2. The average Bonchev–Trinajstić information content (AvgIpc) is 3.09. The van der Waals surface area contributed by atoms with Crippen LogP contribution >= 0.6 is 15.8 Å². The van der Waals surface area contributed by atoms with Crippen molar-refractivity contribution in [2.75, 3.05) is 12.3 Å². The molecular formula is C46H52Ag2P2+2. The van der Waals surface area contributed by atoms with Gasteiger partial charge in [-0.2, -0.15) is 0 Å². The quantitative estimate of drug-likeness (QED) is 0.0493. The van der Waals surface area contributed by atoms with E-state index in [2.05, 4.69) is 104 Å². The van der Waals surface area contributed by atoms with Gasteiger partial charge in [0, 0.05) is 15.8 Å². The second-order valence-corrected chi connectivity index (χ2v) is 21.8. The fraction of sp³-hybridized carbons (Fsp3) is 0.304. The van der Waals surface area contributed by atoms with E-state index in [0.29, 0.717) is 0 Å². The summed E-state index contributed by atoms with van der Waals surface area (Å²) >= 11 is 0. The Kier molecular flexibility index (Phi) is 18.8. The van der Waals surface area contributed by atoms with E-state index in [4.69, 9.17) is 12.8 Å². The maximum absolute atomic E-state index is 7.35. The predicted molar refractivity (Wildman–Crippen MR) is 222 cm³/mol. The summed E-state index contributed by atoms with van der Waals surface area (Å²) in [4.78, 5) is 0. The molecule has 0 radical (unpaired) electrons. The number of benzene rings is 6. The van der Waals surface area contributed by atoms with Crippen LogP contribution in [0.25, 0.3) is 43.1 Å². The van der Waals surface area contributed by atoms with Crippen LogP contribution in [0.4, 0.5) is 0 Å². The van der Waals surface area contributed by atoms with Crippen LogP contribution in [0.5, 0.6) is 0 Å². The van der Waals surface area contributed by atoms with Crippen LogP contribution in [0.2, 0.25) is 0 Å². The molecule has 6 rings (SSSR count). The summed E-state index contributed by atoms with van der Waals surface area (Å²) in [5.41, 5.74) is 5.52. The van der Waals surface area contributed by atoms with Crippen molar-refractivity contribution >= 4 is 58.9 Å². The molecule has 0 saturated heterocycles. The third kappa shape index (κ3) is 11.2. The molecule has 6 aromatic carbocycles. The summed E-state index contributed by atoms with van der Waals surface area (Å²) < 4.78 is 0. The summed E-state index contributed by atoms with van der Waals surface area (Å²) in [5.74, 6) is 5.02. The van der Waals surface area contributed by atoms with E-state index >= 15 is 0 Å². The molecule has 0 aromatic heterocycles. The summed E-state index contributed by atoms with van der Waals surface area (Å²) in [6.45, 7) is 19.5. The topological polar surface area (TPSA) is 0 Å². The Morgan fingerprint density at radius 1 is 0.420 bits per heavy atom. The van der Waals surface area contributed by atoms with Gasteiger partial charge in [-0.15, -0.1) is 23.3 Å². The molecule has 0 nitrogen and oxygen atoms in total. The molecule has 4 heteroatoms. The first kappa shape index (κ1) is 44.0. The molecule has 0 N–H and O–H groups in total.